The SMILES string of the molecule is CN(Cc1ccccc1F)C(=O)CSCc1ccc(Cl)cc1. The van der Waals surface area contributed by atoms with E-state index in [1.807, 2.05) is 24.3 Å². The second-order valence-electron chi connectivity index (χ2n) is 4.96. The van der Waals surface area contributed by atoms with Gasteiger partial charge in [-0.1, -0.05) is 41.9 Å². The zero-order chi connectivity index (χ0) is 15.9. The van der Waals surface area contributed by atoms with E-state index in [0.717, 1.165) is 11.3 Å². The van der Waals surface area contributed by atoms with Gasteiger partial charge in [-0.25, -0.2) is 4.39 Å². The van der Waals surface area contributed by atoms with Crippen LogP contribution in [-0.4, -0.2) is 23.6 Å². The van der Waals surface area contributed by atoms with Crippen LogP contribution in [0, 0.1) is 5.82 Å². The van der Waals surface area contributed by atoms with Crippen LogP contribution in [0.15, 0.2) is 48.5 Å². The normalized spacial score (nSPS) is 10.5. The second-order valence-corrected chi connectivity index (χ2v) is 6.38. The van der Waals surface area contributed by atoms with E-state index in [0.29, 0.717) is 16.3 Å². The lowest BCUT2D eigenvalue weighted by atomic mass is 10.2. The van der Waals surface area contributed by atoms with Gasteiger partial charge in [-0.3, -0.25) is 4.79 Å². The molecule has 0 saturated heterocycles. The van der Waals surface area contributed by atoms with E-state index in [1.54, 1.807) is 30.1 Å². The Morgan fingerprint density at radius 3 is 2.55 bits per heavy atom. The van der Waals surface area contributed by atoms with Crippen molar-refractivity contribution in [1.82, 2.24) is 4.90 Å². The molecule has 0 bridgehead atoms. The quantitative estimate of drug-likeness (QED) is 0.780. The average Bonchev–Trinajstić information content (AvgIpc) is 2.51. The highest BCUT2D eigenvalue weighted by Gasteiger charge is 2.11. The first-order valence-corrected chi connectivity index (χ1v) is 8.39. The first-order valence-electron chi connectivity index (χ1n) is 6.86. The van der Waals surface area contributed by atoms with Crippen molar-refractivity contribution in [3.63, 3.8) is 0 Å². The van der Waals surface area contributed by atoms with Crippen molar-refractivity contribution < 1.29 is 9.18 Å². The number of carbonyl (C=O) groups is 1. The molecule has 22 heavy (non-hydrogen) atoms. The lowest BCUT2D eigenvalue weighted by molar-refractivity contribution is -0.127. The monoisotopic (exact) mass is 337 g/mol. The predicted molar refractivity (Wildman–Crippen MR) is 90.5 cm³/mol. The minimum absolute atomic E-state index is 0.0118. The maximum Gasteiger partial charge on any atom is 0.232 e. The molecule has 116 valence electrons. The van der Waals surface area contributed by atoms with Crippen molar-refractivity contribution >= 4 is 29.3 Å². The van der Waals surface area contributed by atoms with Gasteiger partial charge >= 0.3 is 0 Å². The van der Waals surface area contributed by atoms with Crippen LogP contribution in [0.1, 0.15) is 11.1 Å². The maximum atomic E-state index is 13.6. The maximum absolute atomic E-state index is 13.6. The van der Waals surface area contributed by atoms with Crippen LogP contribution < -0.4 is 0 Å². The van der Waals surface area contributed by atoms with Gasteiger partial charge in [0.05, 0.1) is 5.75 Å². The molecular formula is C17H17ClFNOS. The molecule has 0 aliphatic rings. The fraction of sp³-hybridized carbons (Fsp3) is 0.235. The molecule has 0 radical (unpaired) electrons. The summed E-state index contributed by atoms with van der Waals surface area (Å²) in [6, 6.07) is 14.1. The van der Waals surface area contributed by atoms with Gasteiger partial charge in [0.2, 0.25) is 5.91 Å². The summed E-state index contributed by atoms with van der Waals surface area (Å²) in [5.41, 5.74) is 1.65. The lowest BCUT2D eigenvalue weighted by Gasteiger charge is -2.17. The summed E-state index contributed by atoms with van der Waals surface area (Å²) in [7, 11) is 1.69. The summed E-state index contributed by atoms with van der Waals surface area (Å²) in [6.45, 7) is 0.285. The van der Waals surface area contributed by atoms with Crippen molar-refractivity contribution in [3.05, 3.63) is 70.5 Å². The Bertz CT molecular complexity index is 633. The molecule has 5 heteroatoms. The van der Waals surface area contributed by atoms with Crippen molar-refractivity contribution in [2.45, 2.75) is 12.3 Å². The molecule has 0 heterocycles. The molecule has 2 aromatic rings. The highest BCUT2D eigenvalue weighted by atomic mass is 35.5. The topological polar surface area (TPSA) is 20.3 Å². The Labute approximate surface area is 139 Å². The van der Waals surface area contributed by atoms with Crippen LogP contribution in [0.3, 0.4) is 0 Å². The van der Waals surface area contributed by atoms with E-state index in [2.05, 4.69) is 0 Å². The molecule has 0 aliphatic heterocycles. The van der Waals surface area contributed by atoms with Crippen molar-refractivity contribution in [2.75, 3.05) is 12.8 Å². The molecule has 1 amide bonds. The largest absolute Gasteiger partial charge is 0.341 e. The van der Waals surface area contributed by atoms with Crippen LogP contribution >= 0.6 is 23.4 Å². The Balaban J connectivity index is 1.79. The smallest absolute Gasteiger partial charge is 0.232 e. The number of halogens is 2. The molecule has 2 aromatic carbocycles. The van der Waals surface area contributed by atoms with Crippen molar-refractivity contribution in [2.24, 2.45) is 0 Å². The van der Waals surface area contributed by atoms with Gasteiger partial charge in [-0.2, -0.15) is 0 Å². The van der Waals surface area contributed by atoms with Gasteiger partial charge in [0.15, 0.2) is 0 Å². The van der Waals surface area contributed by atoms with Gasteiger partial charge in [0.1, 0.15) is 5.82 Å². The standard InChI is InChI=1S/C17H17ClFNOS/c1-20(10-14-4-2-3-5-16(14)19)17(21)12-22-11-13-6-8-15(18)9-7-13/h2-9H,10-12H2,1H3. The first kappa shape index (κ1) is 16.8. The van der Waals surface area contributed by atoms with E-state index in [1.165, 1.54) is 17.8 Å². The van der Waals surface area contributed by atoms with Gasteiger partial charge in [0.25, 0.3) is 0 Å². The van der Waals surface area contributed by atoms with Crippen molar-refractivity contribution in [3.8, 4) is 0 Å². The van der Waals surface area contributed by atoms with E-state index in [9.17, 15) is 9.18 Å². The summed E-state index contributed by atoms with van der Waals surface area (Å²) in [6.07, 6.45) is 0. The molecule has 0 unspecified atom stereocenters. The first-order chi connectivity index (χ1) is 10.6. The molecule has 0 spiro atoms. The minimum Gasteiger partial charge on any atom is -0.341 e. The molecule has 0 aromatic heterocycles. The number of hydrogen-bond donors (Lipinski definition) is 0. The van der Waals surface area contributed by atoms with Gasteiger partial charge in [-0.15, -0.1) is 11.8 Å². The van der Waals surface area contributed by atoms with Gasteiger partial charge in [-0.05, 0) is 23.8 Å². The van der Waals surface area contributed by atoms with E-state index in [4.69, 9.17) is 11.6 Å². The fourth-order valence-corrected chi connectivity index (χ4v) is 2.97. The van der Waals surface area contributed by atoms with Crippen molar-refractivity contribution in [1.29, 1.82) is 0 Å². The Kier molecular flexibility index (Phi) is 6.28. The molecule has 0 aliphatic carbocycles. The summed E-state index contributed by atoms with van der Waals surface area (Å²) in [5.74, 6) is 0.822. The number of thioether (sulfide) groups is 1. The number of nitrogens with zero attached hydrogens (tertiary/aromatic N) is 1. The van der Waals surface area contributed by atoms with Gasteiger partial charge < -0.3 is 4.90 Å². The fourth-order valence-electron chi connectivity index (χ4n) is 1.92. The Hall–Kier alpha value is -1.52. The zero-order valence-electron chi connectivity index (χ0n) is 12.3. The number of hydrogen-bond acceptors (Lipinski definition) is 2. The molecule has 0 atom stereocenters. The van der Waals surface area contributed by atoms with Crippen LogP contribution in [0.5, 0.6) is 0 Å². The number of carbonyl (C=O) groups excluding carboxylic acids is 1. The van der Waals surface area contributed by atoms with E-state index >= 15 is 0 Å². The summed E-state index contributed by atoms with van der Waals surface area (Å²) in [5, 5.41) is 0.703. The van der Waals surface area contributed by atoms with Crippen LogP contribution in [-0.2, 0) is 17.1 Å². The average molecular weight is 338 g/mol. The molecule has 0 N–H and O–H groups in total. The minimum atomic E-state index is -0.282. The van der Waals surface area contributed by atoms with E-state index < -0.39 is 0 Å². The van der Waals surface area contributed by atoms with Crippen LogP contribution in [0.2, 0.25) is 5.02 Å². The molecule has 0 saturated carbocycles. The highest BCUT2D eigenvalue weighted by molar-refractivity contribution is 7.99. The molecule has 2 rings (SSSR count). The predicted octanol–water partition coefficient (Wildman–Crippen LogP) is 4.37. The second kappa shape index (κ2) is 8.20. The zero-order valence-corrected chi connectivity index (χ0v) is 13.8. The highest BCUT2D eigenvalue weighted by Crippen LogP contribution is 2.16. The third kappa shape index (κ3) is 5.04. The number of amides is 1. The molecular weight excluding hydrogens is 321 g/mol. The number of benzene rings is 2. The van der Waals surface area contributed by atoms with Crippen LogP contribution in [0.25, 0.3) is 0 Å². The Morgan fingerprint density at radius 2 is 1.86 bits per heavy atom. The van der Waals surface area contributed by atoms with Crippen LogP contribution in [0.4, 0.5) is 4.39 Å². The third-order valence-electron chi connectivity index (χ3n) is 3.20. The van der Waals surface area contributed by atoms with Gasteiger partial charge in [0, 0.05) is 29.9 Å². The Morgan fingerprint density at radius 1 is 1.18 bits per heavy atom. The lowest BCUT2D eigenvalue weighted by Crippen LogP contribution is -2.28. The summed E-state index contributed by atoms with van der Waals surface area (Å²) < 4.78 is 13.6. The summed E-state index contributed by atoms with van der Waals surface area (Å²) in [4.78, 5) is 13.6. The number of rotatable bonds is 6. The third-order valence-corrected chi connectivity index (χ3v) is 4.44. The van der Waals surface area contributed by atoms with E-state index in [-0.39, 0.29) is 18.3 Å². The summed E-state index contributed by atoms with van der Waals surface area (Å²) >= 11 is 7.36. The molecule has 2 nitrogen and oxygen atoms in total. The molecule has 0 fully saturated rings.